The first-order chi connectivity index (χ1) is 11.8. The predicted octanol–water partition coefficient (Wildman–Crippen LogP) is 0.900. The molecule has 0 radical (unpaired) electrons. The second kappa shape index (κ2) is 11.6. The van der Waals surface area contributed by atoms with Gasteiger partial charge < -0.3 is 21.1 Å². The van der Waals surface area contributed by atoms with Crippen LogP contribution in [0, 0.1) is 0 Å². The minimum absolute atomic E-state index is 0.551. The van der Waals surface area contributed by atoms with Gasteiger partial charge in [-0.15, -0.1) is 0 Å². The Labute approximate surface area is 144 Å². The highest BCUT2D eigenvalue weighted by atomic mass is 16.5. The number of nitrogens with one attached hydrogen (secondary N) is 2. The molecule has 0 atom stereocenters. The Hall–Kier alpha value is -1.86. The van der Waals surface area contributed by atoms with Gasteiger partial charge in [0.1, 0.15) is 5.82 Å². The molecule has 1 fully saturated rings. The Morgan fingerprint density at radius 1 is 1.21 bits per heavy atom. The van der Waals surface area contributed by atoms with Crippen LogP contribution < -0.4 is 16.4 Å². The number of pyridine rings is 1. The van der Waals surface area contributed by atoms with Crippen LogP contribution in [0.5, 0.6) is 0 Å². The molecule has 7 nitrogen and oxygen atoms in total. The van der Waals surface area contributed by atoms with E-state index >= 15 is 0 Å². The Bertz CT molecular complexity index is 461. The Morgan fingerprint density at radius 3 is 2.83 bits per heavy atom. The van der Waals surface area contributed by atoms with E-state index in [1.165, 1.54) is 0 Å². The summed E-state index contributed by atoms with van der Waals surface area (Å²) in [5, 5.41) is 6.46. The molecule has 1 saturated heterocycles. The van der Waals surface area contributed by atoms with Crippen molar-refractivity contribution < 1.29 is 4.74 Å². The molecule has 0 spiro atoms. The van der Waals surface area contributed by atoms with Gasteiger partial charge in [0.25, 0.3) is 0 Å². The minimum Gasteiger partial charge on any atom is -0.379 e. The first kappa shape index (κ1) is 18.5. The number of rotatable bonds is 10. The first-order valence-electron chi connectivity index (χ1n) is 8.83. The molecule has 134 valence electrons. The van der Waals surface area contributed by atoms with Crippen LogP contribution in [0.25, 0.3) is 0 Å². The molecule has 0 saturated carbocycles. The molecular weight excluding hydrogens is 304 g/mol. The Morgan fingerprint density at radius 2 is 2.04 bits per heavy atom. The van der Waals surface area contributed by atoms with Gasteiger partial charge in [0.15, 0.2) is 5.96 Å². The van der Waals surface area contributed by atoms with Crippen LogP contribution in [0.2, 0.25) is 0 Å². The van der Waals surface area contributed by atoms with Crippen LogP contribution in [0.3, 0.4) is 0 Å². The standard InChI is InChI=1S/C17H30N6O/c18-17(22-10-5-11-23-12-14-24-15-13-23)21-9-4-3-8-20-16-6-1-2-7-19-16/h1-2,6-7H,3-5,8-15H2,(H,19,20)(H3,18,21,22). The molecule has 0 bridgehead atoms. The number of anilines is 1. The van der Waals surface area contributed by atoms with E-state index in [1.54, 1.807) is 6.20 Å². The number of hydrogen-bond donors (Lipinski definition) is 3. The van der Waals surface area contributed by atoms with Crippen molar-refractivity contribution in [2.24, 2.45) is 10.7 Å². The van der Waals surface area contributed by atoms with Crippen molar-refractivity contribution in [3.63, 3.8) is 0 Å². The van der Waals surface area contributed by atoms with E-state index in [2.05, 4.69) is 25.5 Å². The number of hydrogen-bond acceptors (Lipinski definition) is 5. The van der Waals surface area contributed by atoms with E-state index in [0.29, 0.717) is 5.96 Å². The number of unbranched alkanes of at least 4 members (excludes halogenated alkanes) is 1. The van der Waals surface area contributed by atoms with Gasteiger partial charge in [-0.1, -0.05) is 6.07 Å². The van der Waals surface area contributed by atoms with Crippen LogP contribution in [0.15, 0.2) is 29.4 Å². The maximum atomic E-state index is 5.88. The fourth-order valence-electron chi connectivity index (χ4n) is 2.52. The Balaban J connectivity index is 1.43. The van der Waals surface area contributed by atoms with Crippen molar-refractivity contribution in [3.05, 3.63) is 24.4 Å². The zero-order valence-electron chi connectivity index (χ0n) is 14.4. The lowest BCUT2D eigenvalue weighted by molar-refractivity contribution is 0.0377. The van der Waals surface area contributed by atoms with Gasteiger partial charge in [-0.25, -0.2) is 4.98 Å². The van der Waals surface area contributed by atoms with E-state index in [1.807, 2.05) is 18.2 Å². The summed E-state index contributed by atoms with van der Waals surface area (Å²) < 4.78 is 5.33. The second-order valence-electron chi connectivity index (χ2n) is 5.85. The van der Waals surface area contributed by atoms with Crippen LogP contribution in [0.1, 0.15) is 19.3 Å². The molecule has 7 heteroatoms. The molecule has 24 heavy (non-hydrogen) atoms. The average molecular weight is 334 g/mol. The normalized spacial score (nSPS) is 16.1. The van der Waals surface area contributed by atoms with Gasteiger partial charge in [0.2, 0.25) is 0 Å². The number of aliphatic imine (C=N–C) groups is 1. The van der Waals surface area contributed by atoms with Crippen molar-refractivity contribution >= 4 is 11.8 Å². The highest BCUT2D eigenvalue weighted by Crippen LogP contribution is 2.00. The van der Waals surface area contributed by atoms with Crippen molar-refractivity contribution in [3.8, 4) is 0 Å². The average Bonchev–Trinajstić information content (AvgIpc) is 2.63. The molecule has 0 aromatic carbocycles. The van der Waals surface area contributed by atoms with Crippen molar-refractivity contribution in [2.75, 3.05) is 57.8 Å². The van der Waals surface area contributed by atoms with E-state index in [-0.39, 0.29) is 0 Å². The van der Waals surface area contributed by atoms with Crippen LogP contribution in [-0.4, -0.2) is 68.3 Å². The summed E-state index contributed by atoms with van der Waals surface area (Å²) in [6, 6.07) is 5.87. The zero-order valence-corrected chi connectivity index (χ0v) is 14.4. The molecule has 0 aliphatic carbocycles. The summed E-state index contributed by atoms with van der Waals surface area (Å²) >= 11 is 0. The maximum absolute atomic E-state index is 5.88. The summed E-state index contributed by atoms with van der Waals surface area (Å²) in [4.78, 5) is 11.0. The molecule has 1 aromatic heterocycles. The van der Waals surface area contributed by atoms with Crippen LogP contribution in [0.4, 0.5) is 5.82 Å². The van der Waals surface area contributed by atoms with E-state index < -0.39 is 0 Å². The summed E-state index contributed by atoms with van der Waals surface area (Å²) in [5.41, 5.74) is 5.88. The van der Waals surface area contributed by atoms with Crippen molar-refractivity contribution in [1.29, 1.82) is 0 Å². The molecule has 1 aliphatic heterocycles. The van der Waals surface area contributed by atoms with Gasteiger partial charge in [0.05, 0.1) is 13.2 Å². The molecule has 1 aliphatic rings. The lowest BCUT2D eigenvalue weighted by atomic mass is 10.3. The molecule has 1 aromatic rings. The summed E-state index contributed by atoms with van der Waals surface area (Å²) in [5.74, 6) is 1.47. The van der Waals surface area contributed by atoms with Gasteiger partial charge in [-0.2, -0.15) is 0 Å². The van der Waals surface area contributed by atoms with Gasteiger partial charge in [-0.05, 0) is 31.4 Å². The van der Waals surface area contributed by atoms with E-state index in [0.717, 1.165) is 77.6 Å². The minimum atomic E-state index is 0.551. The third-order valence-corrected chi connectivity index (χ3v) is 3.90. The van der Waals surface area contributed by atoms with Gasteiger partial charge in [-0.3, -0.25) is 9.89 Å². The lowest BCUT2D eigenvalue weighted by Gasteiger charge is -2.26. The fraction of sp³-hybridized carbons (Fsp3) is 0.647. The summed E-state index contributed by atoms with van der Waals surface area (Å²) in [6.45, 7) is 7.37. The third-order valence-electron chi connectivity index (χ3n) is 3.90. The molecule has 4 N–H and O–H groups in total. The van der Waals surface area contributed by atoms with E-state index in [9.17, 15) is 0 Å². The lowest BCUT2D eigenvalue weighted by Crippen LogP contribution is -2.37. The number of morpholine rings is 1. The first-order valence-corrected chi connectivity index (χ1v) is 8.83. The van der Waals surface area contributed by atoms with Crippen LogP contribution >= 0.6 is 0 Å². The quantitative estimate of drug-likeness (QED) is 0.335. The maximum Gasteiger partial charge on any atom is 0.188 e. The number of aromatic nitrogens is 1. The topological polar surface area (TPSA) is 87.8 Å². The SMILES string of the molecule is NC(=NCCCN1CCOCC1)NCCCCNc1ccccn1. The fourth-order valence-corrected chi connectivity index (χ4v) is 2.52. The number of guanidine groups is 1. The van der Waals surface area contributed by atoms with Crippen molar-refractivity contribution in [1.82, 2.24) is 15.2 Å². The molecule has 2 heterocycles. The predicted molar refractivity (Wildman–Crippen MR) is 98.3 cm³/mol. The van der Waals surface area contributed by atoms with Crippen molar-refractivity contribution in [2.45, 2.75) is 19.3 Å². The third kappa shape index (κ3) is 8.12. The second-order valence-corrected chi connectivity index (χ2v) is 5.85. The van der Waals surface area contributed by atoms with Gasteiger partial charge in [0, 0.05) is 45.5 Å². The molecule has 2 rings (SSSR count). The summed E-state index contributed by atoms with van der Waals surface area (Å²) in [6.07, 6.45) is 4.94. The smallest absolute Gasteiger partial charge is 0.188 e. The largest absolute Gasteiger partial charge is 0.379 e. The number of ether oxygens (including phenoxy) is 1. The highest BCUT2D eigenvalue weighted by molar-refractivity contribution is 5.77. The molecule has 0 amide bonds. The Kier molecular flexibility index (Phi) is 8.96. The van der Waals surface area contributed by atoms with E-state index in [4.69, 9.17) is 10.5 Å². The van der Waals surface area contributed by atoms with Crippen LogP contribution in [-0.2, 0) is 4.74 Å². The summed E-state index contributed by atoms with van der Waals surface area (Å²) in [7, 11) is 0. The number of nitrogens with two attached hydrogens (primary N) is 1. The number of nitrogens with zero attached hydrogens (tertiary/aromatic N) is 3. The highest BCUT2D eigenvalue weighted by Gasteiger charge is 2.08. The van der Waals surface area contributed by atoms with Gasteiger partial charge >= 0.3 is 0 Å². The zero-order chi connectivity index (χ0) is 16.9. The molecular formula is C17H30N6O. The monoisotopic (exact) mass is 334 g/mol. The molecule has 0 unspecified atom stereocenters.